The Bertz CT molecular complexity index is 1250. The average molecular weight is 481 g/mol. The van der Waals surface area contributed by atoms with Crippen LogP contribution in [0.25, 0.3) is 0 Å². The zero-order valence-corrected chi connectivity index (χ0v) is 19.5. The Balaban J connectivity index is 1.98. The lowest BCUT2D eigenvalue weighted by Gasteiger charge is -2.14. The predicted octanol–water partition coefficient (Wildman–Crippen LogP) is 4.24. The molecule has 0 aliphatic rings. The van der Waals surface area contributed by atoms with Gasteiger partial charge < -0.3 is 5.73 Å². The molecule has 10 heteroatoms. The van der Waals surface area contributed by atoms with E-state index in [2.05, 4.69) is 9.82 Å². The number of rotatable bonds is 5. The maximum atomic E-state index is 13.0. The summed E-state index contributed by atoms with van der Waals surface area (Å²) >= 11 is 12.2. The molecule has 1 heterocycles. The minimum atomic E-state index is -4.12. The summed E-state index contributed by atoms with van der Waals surface area (Å²) in [6.45, 7) is 5.99. The standard InChI is InChI=1S/C21H22Cl2N4O3S/c1-21(2,3)19-11-18(27(25-19)12-13-7-8-14(22)9-17(13)23)20(28)26-31(29,30)16-6-4-5-15(24)10-16/h4-11H,12,24H2,1-3H3,(H,26,28). The van der Waals surface area contributed by atoms with Gasteiger partial charge in [-0.25, -0.2) is 13.1 Å². The topological polar surface area (TPSA) is 107 Å². The monoisotopic (exact) mass is 480 g/mol. The average Bonchev–Trinajstić information content (AvgIpc) is 3.08. The van der Waals surface area contributed by atoms with Crippen LogP contribution >= 0.6 is 23.2 Å². The van der Waals surface area contributed by atoms with Crippen LogP contribution in [0.2, 0.25) is 10.0 Å². The van der Waals surface area contributed by atoms with Crippen LogP contribution in [0.4, 0.5) is 5.69 Å². The number of nitrogens with one attached hydrogen (secondary N) is 1. The molecule has 1 aromatic heterocycles. The Hall–Kier alpha value is -2.55. The van der Waals surface area contributed by atoms with Gasteiger partial charge in [0.2, 0.25) is 0 Å². The molecule has 0 radical (unpaired) electrons. The van der Waals surface area contributed by atoms with E-state index in [1.54, 1.807) is 30.3 Å². The lowest BCUT2D eigenvalue weighted by molar-refractivity contribution is 0.0971. The number of hydrogen-bond acceptors (Lipinski definition) is 5. The number of hydrogen-bond donors (Lipinski definition) is 2. The number of amides is 1. The molecule has 0 saturated heterocycles. The molecule has 0 atom stereocenters. The third-order valence-electron chi connectivity index (χ3n) is 4.51. The number of benzene rings is 2. The number of nitrogens with zero attached hydrogens (tertiary/aromatic N) is 2. The van der Waals surface area contributed by atoms with E-state index in [9.17, 15) is 13.2 Å². The second-order valence-corrected chi connectivity index (χ2v) is 10.6. The fraction of sp³-hybridized carbons (Fsp3) is 0.238. The Morgan fingerprint density at radius 2 is 1.84 bits per heavy atom. The smallest absolute Gasteiger partial charge is 0.283 e. The van der Waals surface area contributed by atoms with Gasteiger partial charge in [-0.15, -0.1) is 0 Å². The Labute approximate surface area is 191 Å². The van der Waals surface area contributed by atoms with Gasteiger partial charge in [0.1, 0.15) is 5.69 Å². The molecule has 3 rings (SSSR count). The van der Waals surface area contributed by atoms with Crippen LogP contribution in [-0.4, -0.2) is 24.1 Å². The van der Waals surface area contributed by atoms with Crippen LogP contribution in [0.15, 0.2) is 53.4 Å². The first-order valence-corrected chi connectivity index (χ1v) is 11.6. The van der Waals surface area contributed by atoms with Crippen molar-refractivity contribution in [3.8, 4) is 0 Å². The summed E-state index contributed by atoms with van der Waals surface area (Å²) in [5, 5.41) is 5.43. The number of anilines is 1. The van der Waals surface area contributed by atoms with E-state index in [4.69, 9.17) is 28.9 Å². The van der Waals surface area contributed by atoms with Crippen LogP contribution in [0.5, 0.6) is 0 Å². The molecular formula is C21H22Cl2N4O3S. The highest BCUT2D eigenvalue weighted by molar-refractivity contribution is 7.90. The van der Waals surface area contributed by atoms with Gasteiger partial charge in [-0.3, -0.25) is 9.48 Å². The summed E-state index contributed by atoms with van der Waals surface area (Å²) in [5.41, 5.74) is 6.97. The fourth-order valence-electron chi connectivity index (χ4n) is 2.81. The number of nitrogen functional groups attached to an aromatic ring is 1. The molecule has 0 aliphatic heterocycles. The molecule has 2 aromatic carbocycles. The van der Waals surface area contributed by atoms with E-state index in [-0.39, 0.29) is 28.2 Å². The number of halogens is 2. The van der Waals surface area contributed by atoms with Crippen molar-refractivity contribution >= 4 is 44.8 Å². The molecule has 0 fully saturated rings. The fourth-order valence-corrected chi connectivity index (χ4v) is 4.30. The number of nitrogens with two attached hydrogens (primary N) is 1. The first kappa shape index (κ1) is 23.1. The maximum Gasteiger partial charge on any atom is 0.283 e. The Morgan fingerprint density at radius 3 is 2.45 bits per heavy atom. The van der Waals surface area contributed by atoms with Gasteiger partial charge in [-0.2, -0.15) is 5.10 Å². The molecule has 3 N–H and O–H groups in total. The largest absolute Gasteiger partial charge is 0.399 e. The van der Waals surface area contributed by atoms with Crippen LogP contribution in [0, 0.1) is 0 Å². The van der Waals surface area contributed by atoms with Gasteiger partial charge >= 0.3 is 0 Å². The van der Waals surface area contributed by atoms with Crippen LogP contribution in [0.1, 0.15) is 42.5 Å². The summed E-state index contributed by atoms with van der Waals surface area (Å²) in [7, 11) is -4.12. The van der Waals surface area contributed by atoms with Gasteiger partial charge in [0.15, 0.2) is 0 Å². The molecule has 0 saturated carbocycles. The van der Waals surface area contributed by atoms with E-state index < -0.39 is 15.9 Å². The summed E-state index contributed by atoms with van der Waals surface area (Å²) < 4.78 is 28.9. The molecule has 3 aromatic rings. The molecule has 1 amide bonds. The van der Waals surface area contributed by atoms with E-state index in [1.807, 2.05) is 20.8 Å². The van der Waals surface area contributed by atoms with Gasteiger partial charge in [0, 0.05) is 21.1 Å². The Kier molecular flexibility index (Phi) is 6.36. The van der Waals surface area contributed by atoms with Crippen molar-refractivity contribution < 1.29 is 13.2 Å². The zero-order valence-electron chi connectivity index (χ0n) is 17.2. The lowest BCUT2D eigenvalue weighted by atomic mass is 9.92. The number of carbonyl (C=O) groups is 1. The molecule has 0 bridgehead atoms. The van der Waals surface area contributed by atoms with E-state index in [0.29, 0.717) is 21.3 Å². The van der Waals surface area contributed by atoms with E-state index >= 15 is 0 Å². The highest BCUT2D eigenvalue weighted by Gasteiger charge is 2.26. The van der Waals surface area contributed by atoms with Crippen molar-refractivity contribution in [3.05, 3.63) is 75.5 Å². The zero-order chi connectivity index (χ0) is 23.0. The molecule has 0 aliphatic carbocycles. The summed E-state index contributed by atoms with van der Waals surface area (Å²) in [5.74, 6) is -0.810. The van der Waals surface area contributed by atoms with Crippen molar-refractivity contribution in [2.24, 2.45) is 0 Å². The number of carbonyl (C=O) groups excluding carboxylic acids is 1. The van der Waals surface area contributed by atoms with Gasteiger partial charge in [0.05, 0.1) is 17.1 Å². The van der Waals surface area contributed by atoms with Gasteiger partial charge in [-0.1, -0.05) is 56.1 Å². The van der Waals surface area contributed by atoms with Crippen molar-refractivity contribution in [3.63, 3.8) is 0 Å². The summed E-state index contributed by atoms with van der Waals surface area (Å²) in [6, 6.07) is 12.3. The normalized spacial score (nSPS) is 12.0. The highest BCUT2D eigenvalue weighted by Crippen LogP contribution is 2.25. The second-order valence-electron chi connectivity index (χ2n) is 8.07. The van der Waals surface area contributed by atoms with E-state index in [0.717, 1.165) is 0 Å². The third kappa shape index (κ3) is 5.39. The molecule has 7 nitrogen and oxygen atoms in total. The summed E-state index contributed by atoms with van der Waals surface area (Å²) in [4.78, 5) is 12.9. The predicted molar refractivity (Wildman–Crippen MR) is 122 cm³/mol. The highest BCUT2D eigenvalue weighted by atomic mass is 35.5. The quantitative estimate of drug-likeness (QED) is 0.531. The molecule has 164 valence electrons. The van der Waals surface area contributed by atoms with Crippen molar-refractivity contribution in [1.82, 2.24) is 14.5 Å². The maximum absolute atomic E-state index is 13.0. The Morgan fingerprint density at radius 1 is 1.13 bits per heavy atom. The molecular weight excluding hydrogens is 459 g/mol. The number of aromatic nitrogens is 2. The van der Waals surface area contributed by atoms with Crippen molar-refractivity contribution in [2.45, 2.75) is 37.6 Å². The molecule has 31 heavy (non-hydrogen) atoms. The first-order valence-electron chi connectivity index (χ1n) is 9.32. The minimum Gasteiger partial charge on any atom is -0.399 e. The van der Waals surface area contributed by atoms with Crippen molar-refractivity contribution in [2.75, 3.05) is 5.73 Å². The second kappa shape index (κ2) is 8.53. The molecule has 0 spiro atoms. The first-order chi connectivity index (χ1) is 14.4. The van der Waals surface area contributed by atoms with Gasteiger partial charge in [0.25, 0.3) is 15.9 Å². The lowest BCUT2D eigenvalue weighted by Crippen LogP contribution is -2.32. The molecule has 0 unspecified atom stereocenters. The van der Waals surface area contributed by atoms with Crippen molar-refractivity contribution in [1.29, 1.82) is 0 Å². The minimum absolute atomic E-state index is 0.0865. The summed E-state index contributed by atoms with van der Waals surface area (Å²) in [6.07, 6.45) is 0. The van der Waals surface area contributed by atoms with Crippen LogP contribution in [-0.2, 0) is 22.0 Å². The van der Waals surface area contributed by atoms with Crippen LogP contribution < -0.4 is 10.5 Å². The SMILES string of the molecule is CC(C)(C)c1cc(C(=O)NS(=O)(=O)c2cccc(N)c2)n(Cc2ccc(Cl)cc2Cl)n1. The third-order valence-corrected chi connectivity index (χ3v) is 6.43. The van der Waals surface area contributed by atoms with E-state index in [1.165, 1.54) is 22.9 Å². The number of sulfonamides is 1. The van der Waals surface area contributed by atoms with Gasteiger partial charge in [-0.05, 0) is 42.0 Å². The van der Waals surface area contributed by atoms with Crippen LogP contribution in [0.3, 0.4) is 0 Å².